The van der Waals surface area contributed by atoms with Gasteiger partial charge in [-0.25, -0.2) is 4.90 Å². The molecular formula is C27H29N3O. The zero-order valence-electron chi connectivity index (χ0n) is 18.1. The first-order valence-corrected chi connectivity index (χ1v) is 11.2. The molecule has 31 heavy (non-hydrogen) atoms. The molecule has 0 saturated carbocycles. The van der Waals surface area contributed by atoms with Crippen molar-refractivity contribution in [3.8, 4) is 0 Å². The summed E-state index contributed by atoms with van der Waals surface area (Å²) in [5, 5.41) is 14.4. The van der Waals surface area contributed by atoms with E-state index in [1.807, 2.05) is 24.3 Å². The third-order valence-corrected chi connectivity index (χ3v) is 6.62. The zero-order chi connectivity index (χ0) is 21.3. The first-order chi connectivity index (χ1) is 15.2. The Labute approximate surface area is 184 Å². The van der Waals surface area contributed by atoms with Crippen LogP contribution in [0.15, 0.2) is 84.9 Å². The first kappa shape index (κ1) is 19.8. The number of para-hydroxylation sites is 1. The topological polar surface area (TPSA) is 32.6 Å². The van der Waals surface area contributed by atoms with Gasteiger partial charge in [-0.15, -0.1) is 0 Å². The number of aryl methyl sites for hydroxylation is 1. The molecule has 5 rings (SSSR count). The van der Waals surface area contributed by atoms with Crippen molar-refractivity contribution in [1.82, 2.24) is 4.90 Å². The summed E-state index contributed by atoms with van der Waals surface area (Å²) in [5.41, 5.74) is 5.11. The molecular weight excluding hydrogens is 382 g/mol. The summed E-state index contributed by atoms with van der Waals surface area (Å²) in [6.45, 7) is 4.48. The van der Waals surface area contributed by atoms with Gasteiger partial charge < -0.3 is 5.21 Å². The highest BCUT2D eigenvalue weighted by atomic mass is 16.5. The molecule has 3 aromatic rings. The first-order valence-electron chi connectivity index (χ1n) is 11.2. The number of anilines is 1. The molecule has 3 aromatic carbocycles. The molecule has 4 heteroatoms. The van der Waals surface area contributed by atoms with Gasteiger partial charge in [0.25, 0.3) is 0 Å². The number of hydrogen-bond donors (Lipinski definition) is 0. The maximum absolute atomic E-state index is 14.4. The van der Waals surface area contributed by atoms with E-state index in [2.05, 4.69) is 77.4 Å². The fourth-order valence-corrected chi connectivity index (χ4v) is 5.08. The predicted octanol–water partition coefficient (Wildman–Crippen LogP) is 5.11. The maximum atomic E-state index is 14.4. The van der Waals surface area contributed by atoms with Gasteiger partial charge in [-0.1, -0.05) is 60.5 Å². The molecule has 1 saturated heterocycles. The predicted molar refractivity (Wildman–Crippen MR) is 126 cm³/mol. The van der Waals surface area contributed by atoms with E-state index in [-0.39, 0.29) is 0 Å². The molecule has 1 fully saturated rings. The van der Waals surface area contributed by atoms with Crippen molar-refractivity contribution >= 4 is 11.4 Å². The van der Waals surface area contributed by atoms with E-state index in [0.29, 0.717) is 6.54 Å². The van der Waals surface area contributed by atoms with Gasteiger partial charge in [-0.2, -0.15) is 4.74 Å². The number of benzene rings is 3. The average molecular weight is 412 g/mol. The van der Waals surface area contributed by atoms with Gasteiger partial charge in [0.2, 0.25) is 5.71 Å². The van der Waals surface area contributed by atoms with Gasteiger partial charge in [0, 0.05) is 24.3 Å². The quantitative estimate of drug-likeness (QED) is 0.442. The summed E-state index contributed by atoms with van der Waals surface area (Å²) in [5.74, 6) is -0.886. The fraction of sp³-hybridized carbons (Fsp3) is 0.296. The molecule has 0 bridgehead atoms. The van der Waals surface area contributed by atoms with Crippen molar-refractivity contribution in [2.45, 2.75) is 32.0 Å². The van der Waals surface area contributed by atoms with E-state index in [4.69, 9.17) is 0 Å². The van der Waals surface area contributed by atoms with Crippen LogP contribution < -0.4 is 4.90 Å². The third-order valence-electron chi connectivity index (χ3n) is 6.62. The fourth-order valence-electron chi connectivity index (χ4n) is 5.08. The lowest BCUT2D eigenvalue weighted by molar-refractivity contribution is -0.585. The lowest BCUT2D eigenvalue weighted by Crippen LogP contribution is -2.61. The average Bonchev–Trinajstić information content (AvgIpc) is 3.15. The molecule has 4 nitrogen and oxygen atoms in total. The van der Waals surface area contributed by atoms with E-state index in [0.717, 1.165) is 48.5 Å². The monoisotopic (exact) mass is 411 g/mol. The third kappa shape index (κ3) is 3.31. The number of piperidine rings is 1. The molecule has 1 unspecified atom stereocenters. The van der Waals surface area contributed by atoms with Gasteiger partial charge in [0.05, 0.1) is 5.56 Å². The SMILES string of the molecule is Cc1ccc(C2=[N+]([O-])C(c3ccccc3)(N3CCCCC3)N(c3ccccc3)C2)cc1. The minimum absolute atomic E-state index is 0.571. The molecule has 2 aliphatic heterocycles. The largest absolute Gasteiger partial charge is 0.620 e. The summed E-state index contributed by atoms with van der Waals surface area (Å²) < 4.78 is 1.30. The number of likely N-dealkylation sites (tertiary alicyclic amines) is 1. The van der Waals surface area contributed by atoms with Gasteiger partial charge >= 0.3 is 5.79 Å². The summed E-state index contributed by atoms with van der Waals surface area (Å²) >= 11 is 0. The maximum Gasteiger partial charge on any atom is 0.338 e. The van der Waals surface area contributed by atoms with Crippen LogP contribution >= 0.6 is 0 Å². The van der Waals surface area contributed by atoms with E-state index < -0.39 is 5.79 Å². The molecule has 0 radical (unpaired) electrons. The van der Waals surface area contributed by atoms with Crippen LogP contribution in [0.3, 0.4) is 0 Å². The molecule has 0 N–H and O–H groups in total. The highest BCUT2D eigenvalue weighted by molar-refractivity contribution is 6.01. The van der Waals surface area contributed by atoms with E-state index >= 15 is 0 Å². The molecule has 2 aliphatic rings. The molecule has 0 aromatic heterocycles. The Morgan fingerprint density at radius 3 is 2.03 bits per heavy atom. The van der Waals surface area contributed by atoms with Crippen molar-refractivity contribution in [3.63, 3.8) is 0 Å². The Hall–Kier alpha value is -3.11. The van der Waals surface area contributed by atoms with E-state index in [9.17, 15) is 5.21 Å². The van der Waals surface area contributed by atoms with Gasteiger partial charge in [-0.3, -0.25) is 4.90 Å². The smallest absolute Gasteiger partial charge is 0.338 e. The number of rotatable bonds is 4. The van der Waals surface area contributed by atoms with Crippen LogP contribution in [0.2, 0.25) is 0 Å². The Balaban J connectivity index is 1.76. The van der Waals surface area contributed by atoms with Crippen LogP contribution in [0.5, 0.6) is 0 Å². The van der Waals surface area contributed by atoms with Crippen LogP contribution in [0.4, 0.5) is 5.69 Å². The van der Waals surface area contributed by atoms with Crippen molar-refractivity contribution < 1.29 is 4.74 Å². The Morgan fingerprint density at radius 2 is 1.39 bits per heavy atom. The van der Waals surface area contributed by atoms with Crippen molar-refractivity contribution in [1.29, 1.82) is 0 Å². The van der Waals surface area contributed by atoms with Crippen molar-refractivity contribution in [2.24, 2.45) is 0 Å². The number of hydrogen-bond acceptors (Lipinski definition) is 3. The molecule has 0 aliphatic carbocycles. The highest BCUT2D eigenvalue weighted by Crippen LogP contribution is 2.42. The lowest BCUT2D eigenvalue weighted by atomic mass is 10.0. The standard InChI is InChI=1S/C27H29N3O/c1-22-15-17-23(18-16-22)26-21-29(25-13-7-3-8-14-25)27(30(26)31,24-11-5-2-6-12-24)28-19-9-4-10-20-28/h2-3,5-8,11-18H,4,9-10,19-21H2,1H3. The minimum Gasteiger partial charge on any atom is -0.620 e. The molecule has 1 atom stereocenters. The number of nitrogens with zero attached hydrogens (tertiary/aromatic N) is 3. The van der Waals surface area contributed by atoms with Crippen LogP contribution in [0, 0.1) is 12.1 Å². The van der Waals surface area contributed by atoms with E-state index in [1.54, 1.807) is 0 Å². The molecule has 158 valence electrons. The van der Waals surface area contributed by atoms with E-state index in [1.165, 1.54) is 16.7 Å². The minimum atomic E-state index is -0.886. The summed E-state index contributed by atoms with van der Waals surface area (Å²) in [6.07, 6.45) is 3.45. The second-order valence-corrected chi connectivity index (χ2v) is 8.58. The molecule has 0 spiro atoms. The Morgan fingerprint density at radius 1 is 0.774 bits per heavy atom. The second-order valence-electron chi connectivity index (χ2n) is 8.58. The van der Waals surface area contributed by atoms with Crippen LogP contribution in [-0.4, -0.2) is 35.0 Å². The van der Waals surface area contributed by atoms with Crippen molar-refractivity contribution in [2.75, 3.05) is 24.5 Å². The molecule has 0 amide bonds. The summed E-state index contributed by atoms with van der Waals surface area (Å²) in [4.78, 5) is 4.70. The second kappa shape index (κ2) is 8.20. The van der Waals surface area contributed by atoms with Gasteiger partial charge in [0.1, 0.15) is 6.54 Å². The normalized spacial score (nSPS) is 22.2. The molecule has 2 heterocycles. The zero-order valence-corrected chi connectivity index (χ0v) is 18.1. The summed E-state index contributed by atoms with van der Waals surface area (Å²) in [6, 6.07) is 29.0. The van der Waals surface area contributed by atoms with Crippen LogP contribution in [-0.2, 0) is 5.79 Å². The van der Waals surface area contributed by atoms with Gasteiger partial charge in [-0.05, 0) is 56.2 Å². The van der Waals surface area contributed by atoms with Crippen LogP contribution in [0.25, 0.3) is 0 Å². The Kier molecular flexibility index (Phi) is 5.24. The van der Waals surface area contributed by atoms with Gasteiger partial charge in [0.15, 0.2) is 0 Å². The lowest BCUT2D eigenvalue weighted by Gasteiger charge is -2.45. The summed E-state index contributed by atoms with van der Waals surface area (Å²) in [7, 11) is 0. The van der Waals surface area contributed by atoms with Crippen LogP contribution in [0.1, 0.15) is 36.0 Å². The Bertz CT molecular complexity index is 1060. The number of hydroxylamine groups is 1. The highest BCUT2D eigenvalue weighted by Gasteiger charge is 2.58. The van der Waals surface area contributed by atoms with Crippen molar-refractivity contribution in [3.05, 3.63) is 107 Å².